The zero-order valence-electron chi connectivity index (χ0n) is 6.77. The second-order valence-corrected chi connectivity index (χ2v) is 2.12. The van der Waals surface area contributed by atoms with Gasteiger partial charge in [0, 0.05) is 0 Å². The predicted octanol–water partition coefficient (Wildman–Crippen LogP) is 1.03. The van der Waals surface area contributed by atoms with Crippen molar-refractivity contribution in [2.45, 2.75) is 6.42 Å². The summed E-state index contributed by atoms with van der Waals surface area (Å²) in [5, 5.41) is 13.8. The summed E-state index contributed by atoms with van der Waals surface area (Å²) in [7, 11) is 0. The molecule has 0 amide bonds. The van der Waals surface area contributed by atoms with Crippen LogP contribution in [0.4, 0.5) is 0 Å². The molecule has 0 atom stereocenters. The van der Waals surface area contributed by atoms with Crippen LogP contribution >= 0.6 is 0 Å². The minimum atomic E-state index is 0.740. The van der Waals surface area contributed by atoms with Crippen molar-refractivity contribution in [3.8, 4) is 6.26 Å². The maximum Gasteiger partial charge on any atom is 0.283 e. The normalized spacial score (nSPS) is 7.67. The van der Waals surface area contributed by atoms with Crippen LogP contribution in [0, 0.1) is 11.5 Å². The van der Waals surface area contributed by atoms with Crippen LogP contribution in [0.3, 0.4) is 0 Å². The smallest absolute Gasteiger partial charge is 0.283 e. The van der Waals surface area contributed by atoms with Gasteiger partial charge in [0.25, 0.3) is 6.26 Å². The Morgan fingerprint density at radius 2 is 1.83 bits per heavy atom. The molecule has 0 unspecified atom stereocenters. The third-order valence-corrected chi connectivity index (χ3v) is 1.28. The molecule has 0 saturated heterocycles. The van der Waals surface area contributed by atoms with Gasteiger partial charge in [0.15, 0.2) is 0 Å². The lowest BCUT2D eigenvalue weighted by atomic mass is 10.2. The first-order valence-electron chi connectivity index (χ1n) is 3.62. The zero-order valence-corrected chi connectivity index (χ0v) is 6.77. The fourth-order valence-electron chi connectivity index (χ4n) is 0.811. The van der Waals surface area contributed by atoms with Crippen molar-refractivity contribution >= 4 is 0 Å². The molecule has 1 aromatic carbocycles. The Morgan fingerprint density at radius 3 is 2.25 bits per heavy atom. The van der Waals surface area contributed by atoms with Crippen molar-refractivity contribution < 1.29 is 5.11 Å². The topological polar surface area (TPSA) is 70.0 Å². The maximum absolute atomic E-state index is 6.88. The van der Waals surface area contributed by atoms with E-state index in [2.05, 4.69) is 12.1 Å². The molecule has 0 saturated carbocycles. The summed E-state index contributed by atoms with van der Waals surface area (Å²) in [5.74, 6) is 0. The van der Waals surface area contributed by atoms with E-state index in [1.54, 1.807) is 0 Å². The van der Waals surface area contributed by atoms with Crippen LogP contribution < -0.4 is 5.73 Å². The predicted molar refractivity (Wildman–Crippen MR) is 46.7 cm³/mol. The fourth-order valence-corrected chi connectivity index (χ4v) is 0.811. The average Bonchev–Trinajstić information content (AvgIpc) is 2.08. The molecule has 1 aromatic rings. The highest BCUT2D eigenvalue weighted by atomic mass is 16.2. The minimum absolute atomic E-state index is 0.740. The molecule has 0 aliphatic heterocycles. The number of benzene rings is 1. The highest BCUT2D eigenvalue weighted by molar-refractivity contribution is 5.14. The van der Waals surface area contributed by atoms with Crippen LogP contribution in [-0.2, 0) is 6.42 Å². The second kappa shape index (κ2) is 7.58. The van der Waals surface area contributed by atoms with E-state index in [-0.39, 0.29) is 0 Å². The van der Waals surface area contributed by atoms with Crippen LogP contribution in [0.15, 0.2) is 30.3 Å². The number of nitriles is 1. The fraction of sp³-hybridized carbons (Fsp3) is 0.222. The first-order chi connectivity index (χ1) is 5.85. The second-order valence-electron chi connectivity index (χ2n) is 2.12. The Hall–Kier alpha value is -1.53. The van der Waals surface area contributed by atoms with Gasteiger partial charge < -0.3 is 10.8 Å². The Morgan fingerprint density at radius 1 is 1.33 bits per heavy atom. The Balaban J connectivity index is 0.000000354. The Kier molecular flexibility index (Phi) is 6.61. The quantitative estimate of drug-likeness (QED) is 0.641. The summed E-state index contributed by atoms with van der Waals surface area (Å²) < 4.78 is 0. The summed E-state index contributed by atoms with van der Waals surface area (Å²) in [6.07, 6.45) is 1.74. The van der Waals surface area contributed by atoms with Crippen LogP contribution in [-0.4, -0.2) is 11.7 Å². The van der Waals surface area contributed by atoms with Crippen molar-refractivity contribution in [3.63, 3.8) is 0 Å². The molecule has 3 nitrogen and oxygen atoms in total. The van der Waals surface area contributed by atoms with E-state index < -0.39 is 0 Å². The molecule has 0 aliphatic rings. The number of hydrogen-bond donors (Lipinski definition) is 2. The van der Waals surface area contributed by atoms with Crippen LogP contribution in [0.5, 0.6) is 0 Å². The van der Waals surface area contributed by atoms with Crippen molar-refractivity contribution in [2.75, 3.05) is 6.54 Å². The largest absolute Gasteiger partial charge is 0.443 e. The van der Waals surface area contributed by atoms with E-state index in [1.165, 1.54) is 5.56 Å². The SMILES string of the molecule is N#CO.NCCc1ccccc1. The molecule has 12 heavy (non-hydrogen) atoms. The molecule has 0 aromatic heterocycles. The number of hydrogen-bond acceptors (Lipinski definition) is 3. The van der Waals surface area contributed by atoms with Crippen molar-refractivity contribution in [2.24, 2.45) is 5.73 Å². The maximum atomic E-state index is 6.88. The van der Waals surface area contributed by atoms with Crippen molar-refractivity contribution in [3.05, 3.63) is 35.9 Å². The molecule has 1 rings (SSSR count). The minimum Gasteiger partial charge on any atom is -0.443 e. The lowest BCUT2D eigenvalue weighted by Gasteiger charge is -1.93. The zero-order chi connectivity index (χ0) is 9.23. The van der Waals surface area contributed by atoms with Crippen LogP contribution in [0.1, 0.15) is 5.56 Å². The van der Waals surface area contributed by atoms with Gasteiger partial charge in [-0.1, -0.05) is 30.3 Å². The van der Waals surface area contributed by atoms with Crippen LogP contribution in [0.2, 0.25) is 0 Å². The highest BCUT2D eigenvalue weighted by Crippen LogP contribution is 1.96. The number of aliphatic hydroxyl groups excluding tert-OH is 1. The van der Waals surface area contributed by atoms with Gasteiger partial charge in [-0.3, -0.25) is 0 Å². The summed E-state index contributed by atoms with van der Waals surface area (Å²) in [4.78, 5) is 0. The Labute approximate surface area is 72.1 Å². The highest BCUT2D eigenvalue weighted by Gasteiger charge is 1.84. The van der Waals surface area contributed by atoms with Gasteiger partial charge in [-0.05, 0) is 18.5 Å². The lowest BCUT2D eigenvalue weighted by Crippen LogP contribution is -2.01. The lowest BCUT2D eigenvalue weighted by molar-refractivity contribution is 0.503. The monoisotopic (exact) mass is 164 g/mol. The first-order valence-corrected chi connectivity index (χ1v) is 3.62. The molecular formula is C9H12N2O. The van der Waals surface area contributed by atoms with Crippen LogP contribution in [0.25, 0.3) is 0 Å². The molecule has 0 aliphatic carbocycles. The molecule has 0 bridgehead atoms. The molecule has 0 radical (unpaired) electrons. The van der Waals surface area contributed by atoms with Gasteiger partial charge in [0.2, 0.25) is 0 Å². The van der Waals surface area contributed by atoms with Gasteiger partial charge in [0.1, 0.15) is 0 Å². The van der Waals surface area contributed by atoms with E-state index in [4.69, 9.17) is 16.1 Å². The van der Waals surface area contributed by atoms with Gasteiger partial charge in [0.05, 0.1) is 0 Å². The third-order valence-electron chi connectivity index (χ3n) is 1.28. The summed E-state index contributed by atoms with van der Waals surface area (Å²) >= 11 is 0. The summed E-state index contributed by atoms with van der Waals surface area (Å²) in [5.41, 5.74) is 6.68. The molecule has 0 heterocycles. The molecule has 3 N–H and O–H groups in total. The van der Waals surface area contributed by atoms with Crippen molar-refractivity contribution in [1.82, 2.24) is 0 Å². The van der Waals surface area contributed by atoms with Gasteiger partial charge in [-0.15, -0.1) is 0 Å². The average molecular weight is 164 g/mol. The number of aliphatic hydroxyl groups is 1. The van der Waals surface area contributed by atoms with Gasteiger partial charge in [-0.25, -0.2) is 0 Å². The van der Waals surface area contributed by atoms with E-state index >= 15 is 0 Å². The van der Waals surface area contributed by atoms with Gasteiger partial charge in [-0.2, -0.15) is 5.26 Å². The summed E-state index contributed by atoms with van der Waals surface area (Å²) in [6.45, 7) is 0.740. The molecule has 64 valence electrons. The standard InChI is InChI=1S/C8H11N.CHNO/c9-7-6-8-4-2-1-3-5-8;2-1-3/h1-5H,6-7,9H2;3H. The molecule has 0 spiro atoms. The van der Waals surface area contributed by atoms with Gasteiger partial charge >= 0.3 is 0 Å². The van der Waals surface area contributed by atoms with E-state index in [1.807, 2.05) is 18.2 Å². The van der Waals surface area contributed by atoms with E-state index in [0.717, 1.165) is 19.2 Å². The number of rotatable bonds is 2. The molecule has 3 heteroatoms. The first kappa shape index (κ1) is 10.5. The number of nitrogens with zero attached hydrogens (tertiary/aromatic N) is 1. The molecule has 0 fully saturated rings. The molecular weight excluding hydrogens is 152 g/mol. The van der Waals surface area contributed by atoms with E-state index in [0.29, 0.717) is 0 Å². The third kappa shape index (κ3) is 5.27. The number of nitrogens with two attached hydrogens (primary N) is 1. The van der Waals surface area contributed by atoms with E-state index in [9.17, 15) is 0 Å². The Bertz CT molecular complexity index is 228. The summed E-state index contributed by atoms with van der Waals surface area (Å²) in [6, 6.07) is 10.3. The van der Waals surface area contributed by atoms with Crippen molar-refractivity contribution in [1.29, 1.82) is 5.26 Å².